The van der Waals surface area contributed by atoms with E-state index in [1.54, 1.807) is 0 Å². The predicted molar refractivity (Wildman–Crippen MR) is 62.9 cm³/mol. The van der Waals surface area contributed by atoms with E-state index in [0.717, 1.165) is 25.9 Å². The Morgan fingerprint density at radius 3 is 2.33 bits per heavy atom. The summed E-state index contributed by atoms with van der Waals surface area (Å²) in [6, 6.07) is 0.333. The van der Waals surface area contributed by atoms with Crippen LogP contribution in [0, 0.1) is 5.41 Å². The van der Waals surface area contributed by atoms with Gasteiger partial charge in [0.05, 0.1) is 0 Å². The number of hydrogen-bond donors (Lipinski definition) is 1. The van der Waals surface area contributed by atoms with Gasteiger partial charge in [0, 0.05) is 19.1 Å². The Labute approximate surface area is 93.2 Å². The van der Waals surface area contributed by atoms with Crippen molar-refractivity contribution >= 4 is 6.03 Å². The summed E-state index contributed by atoms with van der Waals surface area (Å²) >= 11 is 0. The number of likely N-dealkylation sites (tertiary alicyclic amines) is 1. The van der Waals surface area contributed by atoms with Crippen molar-refractivity contribution in [1.29, 1.82) is 0 Å². The molecule has 0 radical (unpaired) electrons. The number of amides is 2. The monoisotopic (exact) mass is 212 g/mol. The molecule has 88 valence electrons. The second-order valence-electron chi connectivity index (χ2n) is 5.26. The summed E-state index contributed by atoms with van der Waals surface area (Å²) in [5.41, 5.74) is 0.453. The maximum Gasteiger partial charge on any atom is 0.317 e. The second kappa shape index (κ2) is 4.86. The SMILES string of the molecule is CCC1(C)CCN(C(=O)NC(C)C)CC1. The first-order valence-electron chi connectivity index (χ1n) is 6.02. The summed E-state index contributed by atoms with van der Waals surface area (Å²) < 4.78 is 0. The van der Waals surface area contributed by atoms with Gasteiger partial charge in [0.25, 0.3) is 0 Å². The topological polar surface area (TPSA) is 32.3 Å². The molecule has 0 aromatic heterocycles. The lowest BCUT2D eigenvalue weighted by atomic mass is 9.78. The molecule has 1 fully saturated rings. The number of urea groups is 1. The Hall–Kier alpha value is -0.730. The highest BCUT2D eigenvalue weighted by molar-refractivity contribution is 5.74. The van der Waals surface area contributed by atoms with Gasteiger partial charge < -0.3 is 10.2 Å². The summed E-state index contributed by atoms with van der Waals surface area (Å²) in [4.78, 5) is 13.7. The van der Waals surface area contributed by atoms with Gasteiger partial charge in [-0.05, 0) is 32.1 Å². The van der Waals surface area contributed by atoms with E-state index < -0.39 is 0 Å². The molecule has 0 unspecified atom stereocenters. The van der Waals surface area contributed by atoms with Gasteiger partial charge >= 0.3 is 6.03 Å². The molecular formula is C12H24N2O. The van der Waals surface area contributed by atoms with Crippen LogP contribution in [0.5, 0.6) is 0 Å². The quantitative estimate of drug-likeness (QED) is 0.749. The third-order valence-electron chi connectivity index (χ3n) is 3.52. The van der Waals surface area contributed by atoms with Gasteiger partial charge in [0.15, 0.2) is 0 Å². The van der Waals surface area contributed by atoms with E-state index in [2.05, 4.69) is 19.2 Å². The second-order valence-corrected chi connectivity index (χ2v) is 5.26. The standard InChI is InChI=1S/C12H24N2O/c1-5-12(4)6-8-14(9-7-12)11(15)13-10(2)3/h10H,5-9H2,1-4H3,(H,13,15). The summed E-state index contributed by atoms with van der Waals surface area (Å²) in [6.07, 6.45) is 3.48. The van der Waals surface area contributed by atoms with Crippen LogP contribution in [-0.4, -0.2) is 30.1 Å². The Bertz CT molecular complexity index is 218. The van der Waals surface area contributed by atoms with E-state index in [0.29, 0.717) is 5.41 Å². The molecule has 3 heteroatoms. The van der Waals surface area contributed by atoms with E-state index in [9.17, 15) is 4.79 Å². The van der Waals surface area contributed by atoms with Gasteiger partial charge in [-0.1, -0.05) is 20.3 Å². The molecule has 0 saturated carbocycles. The molecule has 0 spiro atoms. The van der Waals surface area contributed by atoms with Crippen molar-refractivity contribution in [3.63, 3.8) is 0 Å². The predicted octanol–water partition coefficient (Wildman–Crippen LogP) is 2.62. The Kier molecular flexibility index (Phi) is 4.00. The normalized spacial score (nSPS) is 20.5. The molecule has 1 aliphatic heterocycles. The number of rotatable bonds is 2. The molecule has 1 aliphatic rings. The van der Waals surface area contributed by atoms with E-state index >= 15 is 0 Å². The molecule has 0 atom stereocenters. The molecule has 1 rings (SSSR count). The molecule has 2 amide bonds. The van der Waals surface area contributed by atoms with Crippen LogP contribution in [0.15, 0.2) is 0 Å². The van der Waals surface area contributed by atoms with Crippen LogP contribution in [0.1, 0.15) is 47.0 Å². The summed E-state index contributed by atoms with van der Waals surface area (Å²) in [6.45, 7) is 10.4. The molecule has 0 aromatic rings. The minimum Gasteiger partial charge on any atom is -0.336 e. The smallest absolute Gasteiger partial charge is 0.317 e. The van der Waals surface area contributed by atoms with Crippen molar-refractivity contribution in [2.75, 3.05) is 13.1 Å². The highest BCUT2D eigenvalue weighted by Crippen LogP contribution is 2.33. The Morgan fingerprint density at radius 2 is 1.93 bits per heavy atom. The van der Waals surface area contributed by atoms with E-state index in [-0.39, 0.29) is 12.1 Å². The maximum absolute atomic E-state index is 11.7. The zero-order valence-electron chi connectivity index (χ0n) is 10.5. The number of nitrogens with zero attached hydrogens (tertiary/aromatic N) is 1. The number of hydrogen-bond acceptors (Lipinski definition) is 1. The molecule has 1 N–H and O–H groups in total. The molecule has 3 nitrogen and oxygen atoms in total. The van der Waals surface area contributed by atoms with Gasteiger partial charge in [-0.3, -0.25) is 0 Å². The third kappa shape index (κ3) is 3.40. The third-order valence-corrected chi connectivity index (χ3v) is 3.52. The fourth-order valence-corrected chi connectivity index (χ4v) is 1.94. The molecular weight excluding hydrogens is 188 g/mol. The molecule has 1 saturated heterocycles. The van der Waals surface area contributed by atoms with Gasteiger partial charge in [-0.2, -0.15) is 0 Å². The van der Waals surface area contributed by atoms with Crippen molar-refractivity contribution in [3.8, 4) is 0 Å². The average Bonchev–Trinajstić information content (AvgIpc) is 2.18. The molecule has 0 aromatic carbocycles. The average molecular weight is 212 g/mol. The van der Waals surface area contributed by atoms with Crippen molar-refractivity contribution in [1.82, 2.24) is 10.2 Å². The summed E-state index contributed by atoms with van der Waals surface area (Å²) in [7, 11) is 0. The molecule has 15 heavy (non-hydrogen) atoms. The van der Waals surface area contributed by atoms with E-state index in [1.165, 1.54) is 6.42 Å². The molecule has 0 aliphatic carbocycles. The molecule has 0 bridgehead atoms. The fourth-order valence-electron chi connectivity index (χ4n) is 1.94. The summed E-state index contributed by atoms with van der Waals surface area (Å²) in [5, 5.41) is 2.94. The first-order valence-corrected chi connectivity index (χ1v) is 6.02. The lowest BCUT2D eigenvalue weighted by Crippen LogP contribution is -2.48. The number of nitrogens with one attached hydrogen (secondary N) is 1. The van der Waals surface area contributed by atoms with E-state index in [4.69, 9.17) is 0 Å². The Balaban J connectivity index is 2.40. The van der Waals surface area contributed by atoms with E-state index in [1.807, 2.05) is 18.7 Å². The zero-order chi connectivity index (χ0) is 11.5. The van der Waals surface area contributed by atoms with Crippen LogP contribution in [0.2, 0.25) is 0 Å². The van der Waals surface area contributed by atoms with Crippen LogP contribution in [0.25, 0.3) is 0 Å². The van der Waals surface area contributed by atoms with Crippen molar-refractivity contribution in [3.05, 3.63) is 0 Å². The van der Waals surface area contributed by atoms with Crippen LogP contribution < -0.4 is 5.32 Å². The Morgan fingerprint density at radius 1 is 1.40 bits per heavy atom. The van der Waals surface area contributed by atoms with Gasteiger partial charge in [0.2, 0.25) is 0 Å². The number of carbonyl (C=O) groups excluding carboxylic acids is 1. The minimum absolute atomic E-state index is 0.100. The van der Waals surface area contributed by atoms with Gasteiger partial charge in [-0.25, -0.2) is 4.79 Å². The van der Waals surface area contributed by atoms with Crippen molar-refractivity contribution in [2.24, 2.45) is 5.41 Å². The van der Waals surface area contributed by atoms with Crippen LogP contribution in [0.4, 0.5) is 4.79 Å². The fraction of sp³-hybridized carbons (Fsp3) is 0.917. The van der Waals surface area contributed by atoms with Crippen LogP contribution >= 0.6 is 0 Å². The van der Waals surface area contributed by atoms with Crippen LogP contribution in [0.3, 0.4) is 0 Å². The highest BCUT2D eigenvalue weighted by Gasteiger charge is 2.30. The van der Waals surface area contributed by atoms with Crippen molar-refractivity contribution in [2.45, 2.75) is 53.0 Å². The minimum atomic E-state index is 0.100. The first-order chi connectivity index (χ1) is 6.97. The van der Waals surface area contributed by atoms with Crippen LogP contribution in [-0.2, 0) is 0 Å². The lowest BCUT2D eigenvalue weighted by molar-refractivity contribution is 0.125. The summed E-state index contributed by atoms with van der Waals surface area (Å²) in [5.74, 6) is 0. The lowest BCUT2D eigenvalue weighted by Gasteiger charge is -2.39. The highest BCUT2D eigenvalue weighted by atomic mass is 16.2. The maximum atomic E-state index is 11.7. The first kappa shape index (κ1) is 12.3. The largest absolute Gasteiger partial charge is 0.336 e. The number of carbonyl (C=O) groups is 1. The van der Waals surface area contributed by atoms with Gasteiger partial charge in [-0.15, -0.1) is 0 Å². The number of piperidine rings is 1. The van der Waals surface area contributed by atoms with Gasteiger partial charge in [0.1, 0.15) is 0 Å². The molecule has 1 heterocycles. The zero-order valence-corrected chi connectivity index (χ0v) is 10.5. The van der Waals surface area contributed by atoms with Crippen molar-refractivity contribution < 1.29 is 4.79 Å².